The van der Waals surface area contributed by atoms with E-state index in [2.05, 4.69) is 10.6 Å². The van der Waals surface area contributed by atoms with Gasteiger partial charge in [0.05, 0.1) is 0 Å². The van der Waals surface area contributed by atoms with Crippen molar-refractivity contribution in [2.75, 3.05) is 20.6 Å². The maximum atomic E-state index is 11.1. The molecule has 92 valence electrons. The molecule has 0 bridgehead atoms. The number of carboxylic acids is 1. The first-order valence-electron chi connectivity index (χ1n) is 4.82. The molecule has 7 heteroatoms. The third kappa shape index (κ3) is 5.84. The molecule has 0 aliphatic heterocycles. The Morgan fingerprint density at radius 2 is 1.88 bits per heavy atom. The molecule has 0 saturated carbocycles. The van der Waals surface area contributed by atoms with Crippen LogP contribution < -0.4 is 10.6 Å². The van der Waals surface area contributed by atoms with E-state index >= 15 is 0 Å². The van der Waals surface area contributed by atoms with Crippen LogP contribution >= 0.6 is 0 Å². The van der Waals surface area contributed by atoms with Crippen molar-refractivity contribution in [1.82, 2.24) is 15.5 Å². The second kappa shape index (κ2) is 6.65. The van der Waals surface area contributed by atoms with Crippen molar-refractivity contribution in [3.8, 4) is 0 Å². The molecule has 7 nitrogen and oxygen atoms in total. The van der Waals surface area contributed by atoms with Crippen molar-refractivity contribution in [2.45, 2.75) is 19.4 Å². The lowest BCUT2D eigenvalue weighted by Gasteiger charge is -2.12. The number of rotatable bonds is 5. The lowest BCUT2D eigenvalue weighted by atomic mass is 10.3. The van der Waals surface area contributed by atoms with Crippen LogP contribution in [0.2, 0.25) is 0 Å². The maximum Gasteiger partial charge on any atom is 0.325 e. The predicted octanol–water partition coefficient (Wildman–Crippen LogP) is -0.763. The van der Waals surface area contributed by atoms with Gasteiger partial charge in [-0.15, -0.1) is 0 Å². The Hall–Kier alpha value is -1.79. The number of nitrogens with one attached hydrogen (secondary N) is 2. The topological polar surface area (TPSA) is 98.7 Å². The molecule has 0 aliphatic carbocycles. The zero-order valence-corrected chi connectivity index (χ0v) is 9.61. The number of amides is 3. The molecule has 0 fully saturated rings. The van der Waals surface area contributed by atoms with E-state index in [4.69, 9.17) is 5.11 Å². The SMILES string of the molecule is C[C@H](NC(=O)NCCC(=O)N(C)C)C(=O)O. The lowest BCUT2D eigenvalue weighted by molar-refractivity contribution is -0.138. The fourth-order valence-electron chi connectivity index (χ4n) is 0.816. The van der Waals surface area contributed by atoms with Gasteiger partial charge in [0.15, 0.2) is 0 Å². The number of aliphatic carboxylic acids is 1. The average molecular weight is 231 g/mol. The zero-order chi connectivity index (χ0) is 12.7. The normalized spacial score (nSPS) is 11.4. The number of hydrogen-bond donors (Lipinski definition) is 3. The van der Waals surface area contributed by atoms with Crippen LogP contribution in [0.5, 0.6) is 0 Å². The van der Waals surface area contributed by atoms with E-state index < -0.39 is 18.0 Å². The number of carbonyl (C=O) groups excluding carboxylic acids is 2. The fourth-order valence-corrected chi connectivity index (χ4v) is 0.816. The molecule has 16 heavy (non-hydrogen) atoms. The number of urea groups is 1. The van der Waals surface area contributed by atoms with Gasteiger partial charge in [-0.1, -0.05) is 0 Å². The van der Waals surface area contributed by atoms with Gasteiger partial charge in [-0.2, -0.15) is 0 Å². The summed E-state index contributed by atoms with van der Waals surface area (Å²) in [4.78, 5) is 34.0. The molecule has 1 atom stereocenters. The average Bonchev–Trinajstić information content (AvgIpc) is 2.16. The highest BCUT2D eigenvalue weighted by atomic mass is 16.4. The fraction of sp³-hybridized carbons (Fsp3) is 0.667. The number of carboxylic acid groups (broad SMARTS) is 1. The van der Waals surface area contributed by atoms with Gasteiger partial charge in [-0.05, 0) is 6.92 Å². The highest BCUT2D eigenvalue weighted by Crippen LogP contribution is 1.85. The zero-order valence-electron chi connectivity index (χ0n) is 9.61. The minimum absolute atomic E-state index is 0.105. The van der Waals surface area contributed by atoms with Crippen molar-refractivity contribution in [2.24, 2.45) is 0 Å². The van der Waals surface area contributed by atoms with Gasteiger partial charge in [-0.25, -0.2) is 4.79 Å². The molecular weight excluding hydrogens is 214 g/mol. The van der Waals surface area contributed by atoms with E-state index in [1.54, 1.807) is 14.1 Å². The van der Waals surface area contributed by atoms with Crippen molar-refractivity contribution >= 4 is 17.9 Å². The minimum atomic E-state index is -1.11. The second-order valence-electron chi connectivity index (χ2n) is 3.50. The monoisotopic (exact) mass is 231 g/mol. The molecular formula is C9H17N3O4. The molecule has 0 aliphatic rings. The lowest BCUT2D eigenvalue weighted by Crippen LogP contribution is -2.45. The summed E-state index contributed by atoms with van der Waals surface area (Å²) in [6, 6.07) is -1.55. The molecule has 0 aromatic rings. The molecule has 0 rings (SSSR count). The Morgan fingerprint density at radius 1 is 1.31 bits per heavy atom. The highest BCUT2D eigenvalue weighted by Gasteiger charge is 2.13. The van der Waals surface area contributed by atoms with E-state index in [0.29, 0.717) is 0 Å². The molecule has 0 saturated heterocycles. The van der Waals surface area contributed by atoms with Gasteiger partial charge in [0.25, 0.3) is 0 Å². The van der Waals surface area contributed by atoms with E-state index in [-0.39, 0.29) is 18.9 Å². The van der Waals surface area contributed by atoms with Crippen molar-refractivity contribution in [1.29, 1.82) is 0 Å². The summed E-state index contributed by atoms with van der Waals surface area (Å²) in [6.45, 7) is 1.53. The van der Waals surface area contributed by atoms with Crippen LogP contribution in [0.3, 0.4) is 0 Å². The first-order chi connectivity index (χ1) is 7.34. The van der Waals surface area contributed by atoms with Crippen LogP contribution in [-0.4, -0.2) is 54.6 Å². The number of hydrogen-bond acceptors (Lipinski definition) is 3. The minimum Gasteiger partial charge on any atom is -0.480 e. The molecule has 0 spiro atoms. The third-order valence-electron chi connectivity index (χ3n) is 1.84. The summed E-state index contributed by atoms with van der Waals surface area (Å²) < 4.78 is 0. The molecule has 0 aromatic carbocycles. The Kier molecular flexibility index (Phi) is 5.91. The van der Waals surface area contributed by atoms with Crippen LogP contribution in [-0.2, 0) is 9.59 Å². The summed E-state index contributed by atoms with van der Waals surface area (Å²) in [5, 5.41) is 13.1. The Morgan fingerprint density at radius 3 is 2.31 bits per heavy atom. The summed E-state index contributed by atoms with van der Waals surface area (Å²) in [6.07, 6.45) is 0.182. The number of nitrogens with zero attached hydrogens (tertiary/aromatic N) is 1. The standard InChI is InChI=1S/C9H17N3O4/c1-6(8(14)15)11-9(16)10-5-4-7(13)12(2)3/h6H,4-5H2,1-3H3,(H,14,15)(H2,10,11,16)/t6-/m0/s1. The van der Waals surface area contributed by atoms with Crippen molar-refractivity contribution in [3.63, 3.8) is 0 Å². The van der Waals surface area contributed by atoms with Gasteiger partial charge >= 0.3 is 12.0 Å². The van der Waals surface area contributed by atoms with E-state index in [9.17, 15) is 14.4 Å². The second-order valence-corrected chi connectivity index (χ2v) is 3.50. The maximum absolute atomic E-state index is 11.1. The van der Waals surface area contributed by atoms with Gasteiger partial charge in [0.2, 0.25) is 5.91 Å². The molecule has 0 unspecified atom stereocenters. The molecule has 0 aromatic heterocycles. The van der Waals surface area contributed by atoms with Crippen LogP contribution in [0.15, 0.2) is 0 Å². The highest BCUT2D eigenvalue weighted by molar-refractivity contribution is 5.82. The van der Waals surface area contributed by atoms with Gasteiger partial charge in [0, 0.05) is 27.1 Å². The van der Waals surface area contributed by atoms with Crippen LogP contribution in [0, 0.1) is 0 Å². The van der Waals surface area contributed by atoms with Crippen LogP contribution in [0.25, 0.3) is 0 Å². The summed E-state index contributed by atoms with van der Waals surface area (Å²) in [7, 11) is 3.24. The van der Waals surface area contributed by atoms with E-state index in [0.717, 1.165) is 0 Å². The Balaban J connectivity index is 3.75. The Labute approximate surface area is 93.8 Å². The van der Waals surface area contributed by atoms with Gasteiger partial charge < -0.3 is 20.6 Å². The summed E-state index contributed by atoms with van der Waals surface area (Å²) in [5.74, 6) is -1.22. The first-order valence-corrected chi connectivity index (χ1v) is 4.82. The summed E-state index contributed by atoms with van der Waals surface area (Å²) >= 11 is 0. The predicted molar refractivity (Wildman–Crippen MR) is 56.9 cm³/mol. The smallest absolute Gasteiger partial charge is 0.325 e. The molecule has 0 heterocycles. The van der Waals surface area contributed by atoms with Crippen molar-refractivity contribution in [3.05, 3.63) is 0 Å². The van der Waals surface area contributed by atoms with Gasteiger partial charge in [0.1, 0.15) is 6.04 Å². The van der Waals surface area contributed by atoms with E-state index in [1.165, 1.54) is 11.8 Å². The molecule has 0 radical (unpaired) electrons. The van der Waals surface area contributed by atoms with E-state index in [1.807, 2.05) is 0 Å². The number of carbonyl (C=O) groups is 3. The quantitative estimate of drug-likeness (QED) is 0.579. The Bertz CT molecular complexity index is 278. The van der Waals surface area contributed by atoms with Crippen LogP contribution in [0.4, 0.5) is 4.79 Å². The van der Waals surface area contributed by atoms with Crippen LogP contribution in [0.1, 0.15) is 13.3 Å². The first kappa shape index (κ1) is 14.2. The summed E-state index contributed by atoms with van der Waals surface area (Å²) in [5.41, 5.74) is 0. The largest absolute Gasteiger partial charge is 0.480 e. The molecule has 3 amide bonds. The molecule has 3 N–H and O–H groups in total. The third-order valence-corrected chi connectivity index (χ3v) is 1.84. The van der Waals surface area contributed by atoms with Gasteiger partial charge in [-0.3, -0.25) is 9.59 Å². The van der Waals surface area contributed by atoms with Crippen molar-refractivity contribution < 1.29 is 19.5 Å².